The molecule has 0 aromatic heterocycles. The second-order valence-corrected chi connectivity index (χ2v) is 2.72. The first-order chi connectivity index (χ1) is 5.74. The van der Waals surface area contributed by atoms with Crippen LogP contribution in [0.4, 0.5) is 0 Å². The predicted octanol–water partition coefficient (Wildman–Crippen LogP) is 0.695. The zero-order valence-corrected chi connectivity index (χ0v) is 8.28. The summed E-state index contributed by atoms with van der Waals surface area (Å²) in [6.45, 7) is 0. The summed E-state index contributed by atoms with van der Waals surface area (Å²) in [6.07, 6.45) is 0. The average Bonchev–Trinajstić information content (AvgIpc) is 2.07. The number of ether oxygens (including phenoxy) is 1. The minimum Gasteiger partial charge on any atom is -0.497 e. The van der Waals surface area contributed by atoms with E-state index in [1.807, 2.05) is 24.3 Å². The van der Waals surface area contributed by atoms with Gasteiger partial charge in [-0.3, -0.25) is 0 Å². The van der Waals surface area contributed by atoms with Crippen molar-refractivity contribution < 1.29 is 14.8 Å². The van der Waals surface area contributed by atoms with Gasteiger partial charge in [-0.05, 0) is 24.3 Å². The van der Waals surface area contributed by atoms with Crippen molar-refractivity contribution in [2.75, 3.05) is 7.11 Å². The summed E-state index contributed by atoms with van der Waals surface area (Å²) in [5.41, 5.74) is 0. The van der Waals surface area contributed by atoms with Crippen LogP contribution in [0.3, 0.4) is 0 Å². The quantitative estimate of drug-likeness (QED) is 0.701. The molecule has 0 spiro atoms. The number of hydrogen-bond donors (Lipinski definition) is 2. The molecule has 0 atom stereocenters. The predicted molar refractivity (Wildman–Crippen MR) is 52.3 cm³/mol. The van der Waals surface area contributed by atoms with E-state index < -0.39 is 7.69 Å². The Morgan fingerprint density at radius 1 is 1.25 bits per heavy atom. The molecule has 1 aromatic carbocycles. The molecule has 0 bridgehead atoms. The zero-order valence-electron chi connectivity index (χ0n) is 6.70. The van der Waals surface area contributed by atoms with E-state index in [1.54, 1.807) is 7.11 Å². The Bertz CT molecular complexity index is 202. The van der Waals surface area contributed by atoms with Crippen LogP contribution in [0.2, 0.25) is 0 Å². The number of halogens is 1. The third kappa shape index (κ3) is 5.18. The molecular formula is C7H10BBrO3. The van der Waals surface area contributed by atoms with E-state index in [2.05, 4.69) is 15.9 Å². The van der Waals surface area contributed by atoms with E-state index in [4.69, 9.17) is 14.8 Å². The van der Waals surface area contributed by atoms with Crippen molar-refractivity contribution in [3.05, 3.63) is 28.7 Å². The van der Waals surface area contributed by atoms with Crippen molar-refractivity contribution in [2.24, 2.45) is 0 Å². The lowest BCUT2D eigenvalue weighted by Crippen LogP contribution is -1.79. The van der Waals surface area contributed by atoms with Crippen LogP contribution >= 0.6 is 15.9 Å². The van der Waals surface area contributed by atoms with Crippen LogP contribution < -0.4 is 4.74 Å². The van der Waals surface area contributed by atoms with Crippen LogP contribution in [0.25, 0.3) is 0 Å². The monoisotopic (exact) mass is 232 g/mol. The third-order valence-corrected chi connectivity index (χ3v) is 1.58. The van der Waals surface area contributed by atoms with Gasteiger partial charge in [0.15, 0.2) is 0 Å². The van der Waals surface area contributed by atoms with Gasteiger partial charge < -0.3 is 14.8 Å². The molecule has 66 valence electrons. The van der Waals surface area contributed by atoms with Crippen molar-refractivity contribution in [1.29, 1.82) is 0 Å². The van der Waals surface area contributed by atoms with Gasteiger partial charge >= 0.3 is 7.69 Å². The molecule has 2 N–H and O–H groups in total. The molecule has 12 heavy (non-hydrogen) atoms. The van der Waals surface area contributed by atoms with Crippen LogP contribution in [0, 0.1) is 0 Å². The van der Waals surface area contributed by atoms with E-state index in [9.17, 15) is 0 Å². The highest BCUT2D eigenvalue weighted by atomic mass is 79.9. The fourth-order valence-electron chi connectivity index (χ4n) is 0.571. The molecule has 5 heteroatoms. The Labute approximate surface area is 80.4 Å². The maximum absolute atomic E-state index is 7.12. The van der Waals surface area contributed by atoms with Gasteiger partial charge in [-0.1, -0.05) is 15.9 Å². The van der Waals surface area contributed by atoms with E-state index in [0.717, 1.165) is 10.2 Å². The maximum atomic E-state index is 7.12. The van der Waals surface area contributed by atoms with Gasteiger partial charge in [0.1, 0.15) is 5.75 Å². The molecule has 0 fully saturated rings. The van der Waals surface area contributed by atoms with Crippen LogP contribution in [0.15, 0.2) is 28.7 Å². The Kier molecular flexibility index (Phi) is 6.84. The molecule has 0 radical (unpaired) electrons. The number of methoxy groups -OCH3 is 1. The summed E-state index contributed by atoms with van der Waals surface area (Å²) in [4.78, 5) is 0. The van der Waals surface area contributed by atoms with Gasteiger partial charge in [0.05, 0.1) is 7.11 Å². The molecule has 1 rings (SSSR count). The summed E-state index contributed by atoms with van der Waals surface area (Å²) in [6, 6.07) is 7.70. The van der Waals surface area contributed by atoms with Crippen LogP contribution in [-0.4, -0.2) is 24.8 Å². The summed E-state index contributed by atoms with van der Waals surface area (Å²) in [5.74, 6) is 0.887. The normalized spacial score (nSPS) is 8.00. The summed E-state index contributed by atoms with van der Waals surface area (Å²) >= 11 is 3.32. The third-order valence-electron chi connectivity index (χ3n) is 1.05. The molecular weight excluding hydrogens is 223 g/mol. The number of hydrogen-bond acceptors (Lipinski definition) is 3. The van der Waals surface area contributed by atoms with Gasteiger partial charge in [-0.15, -0.1) is 0 Å². The molecule has 0 saturated carbocycles. The lowest BCUT2D eigenvalue weighted by atomic mass is 10.3. The smallest absolute Gasteiger partial charge is 0.432 e. The largest absolute Gasteiger partial charge is 0.497 e. The highest BCUT2D eigenvalue weighted by molar-refractivity contribution is 9.10. The molecule has 0 aliphatic carbocycles. The zero-order chi connectivity index (χ0) is 9.40. The van der Waals surface area contributed by atoms with Gasteiger partial charge in [0.2, 0.25) is 0 Å². The lowest BCUT2D eigenvalue weighted by Gasteiger charge is -1.96. The molecule has 0 saturated heterocycles. The van der Waals surface area contributed by atoms with Crippen LogP contribution in [0.1, 0.15) is 0 Å². The standard InChI is InChI=1S/C7H7BrO.BH3O2/c1-9-7-4-2-6(8)3-5-7;2-1-3/h2-5H,1H3;1-3H. The Morgan fingerprint density at radius 3 is 2.00 bits per heavy atom. The average molecular weight is 233 g/mol. The highest BCUT2D eigenvalue weighted by Gasteiger charge is 1.86. The topological polar surface area (TPSA) is 49.7 Å². The summed E-state index contributed by atoms with van der Waals surface area (Å²) in [7, 11) is 0.906. The second-order valence-electron chi connectivity index (χ2n) is 1.80. The van der Waals surface area contributed by atoms with Gasteiger partial charge in [0.25, 0.3) is 0 Å². The molecule has 0 unspecified atom stereocenters. The Morgan fingerprint density at radius 2 is 1.67 bits per heavy atom. The van der Waals surface area contributed by atoms with Crippen molar-refractivity contribution in [1.82, 2.24) is 0 Å². The highest BCUT2D eigenvalue weighted by Crippen LogP contribution is 2.14. The fourth-order valence-corrected chi connectivity index (χ4v) is 0.835. The minimum atomic E-state index is -0.750. The van der Waals surface area contributed by atoms with Crippen molar-refractivity contribution in [3.63, 3.8) is 0 Å². The van der Waals surface area contributed by atoms with Crippen molar-refractivity contribution in [3.8, 4) is 5.75 Å². The first-order valence-corrected chi connectivity index (χ1v) is 4.05. The summed E-state index contributed by atoms with van der Waals surface area (Å²) < 4.78 is 6.02. The fraction of sp³-hybridized carbons (Fsp3) is 0.143. The van der Waals surface area contributed by atoms with Crippen LogP contribution in [-0.2, 0) is 0 Å². The van der Waals surface area contributed by atoms with Gasteiger partial charge in [-0.2, -0.15) is 0 Å². The number of rotatable bonds is 1. The van der Waals surface area contributed by atoms with E-state index in [0.29, 0.717) is 0 Å². The molecule has 1 aromatic rings. The minimum absolute atomic E-state index is 0.750. The molecule has 0 aliphatic heterocycles. The first-order valence-electron chi connectivity index (χ1n) is 3.26. The maximum Gasteiger partial charge on any atom is 0.432 e. The van der Waals surface area contributed by atoms with Gasteiger partial charge in [0, 0.05) is 4.47 Å². The van der Waals surface area contributed by atoms with Gasteiger partial charge in [-0.25, -0.2) is 0 Å². The van der Waals surface area contributed by atoms with Crippen molar-refractivity contribution >= 4 is 23.6 Å². The Hall–Kier alpha value is -0.515. The first kappa shape index (κ1) is 11.5. The molecule has 0 aliphatic rings. The molecule has 0 heterocycles. The number of benzene rings is 1. The van der Waals surface area contributed by atoms with E-state index >= 15 is 0 Å². The van der Waals surface area contributed by atoms with E-state index in [-0.39, 0.29) is 0 Å². The SMILES string of the molecule is COc1ccc(Br)cc1.OBO. The van der Waals surface area contributed by atoms with Crippen molar-refractivity contribution in [2.45, 2.75) is 0 Å². The molecule has 0 amide bonds. The Balaban J connectivity index is 0.000000354. The lowest BCUT2D eigenvalue weighted by molar-refractivity contribution is 0.414. The van der Waals surface area contributed by atoms with E-state index in [1.165, 1.54) is 0 Å². The second kappa shape index (κ2) is 7.15. The summed E-state index contributed by atoms with van der Waals surface area (Å²) in [5, 5.41) is 14.2. The molecule has 3 nitrogen and oxygen atoms in total. The van der Waals surface area contributed by atoms with Crippen LogP contribution in [0.5, 0.6) is 5.75 Å².